The molecule has 0 atom stereocenters. The zero-order valence-electron chi connectivity index (χ0n) is 20.3. The molecule has 5 rings (SSSR count). The Balaban J connectivity index is 1.45. The number of benzene rings is 2. The summed E-state index contributed by atoms with van der Waals surface area (Å²) in [4.78, 5) is 30.9. The van der Waals surface area contributed by atoms with Crippen molar-refractivity contribution in [1.29, 1.82) is 0 Å². The molecule has 3 heterocycles. The number of aromatic nitrogens is 3. The number of halogens is 3. The van der Waals surface area contributed by atoms with Gasteiger partial charge in [0.05, 0.1) is 17.0 Å². The highest BCUT2D eigenvalue weighted by Crippen LogP contribution is 2.37. The zero-order valence-corrected chi connectivity index (χ0v) is 21.1. The number of amides is 1. The lowest BCUT2D eigenvalue weighted by Crippen LogP contribution is -2.48. The molecule has 0 bridgehead atoms. The first kappa shape index (κ1) is 24.8. The van der Waals surface area contributed by atoms with Gasteiger partial charge in [0, 0.05) is 43.3 Å². The molecule has 2 aromatic heterocycles. The third-order valence-corrected chi connectivity index (χ3v) is 6.62. The zero-order chi connectivity index (χ0) is 26.1. The Morgan fingerprint density at radius 1 is 1.08 bits per heavy atom. The molecule has 10 heteroatoms. The number of nitrogens with zero attached hydrogens (tertiary/aromatic N) is 6. The number of hydrogen-bond acceptors (Lipinski definition) is 6. The number of fused-ring (bicyclic) bond motifs is 2. The van der Waals surface area contributed by atoms with Crippen LogP contribution in [0.15, 0.2) is 42.9 Å². The quantitative estimate of drug-likeness (QED) is 0.381. The molecule has 1 fully saturated rings. The minimum Gasteiger partial charge on any atom is -0.352 e. The minimum absolute atomic E-state index is 0.0296. The smallest absolute Gasteiger partial charge is 0.298 e. The fourth-order valence-electron chi connectivity index (χ4n) is 4.40. The first-order valence-electron chi connectivity index (χ1n) is 11.7. The van der Waals surface area contributed by atoms with Gasteiger partial charge in [-0.1, -0.05) is 41.8 Å². The van der Waals surface area contributed by atoms with E-state index < -0.39 is 11.6 Å². The maximum absolute atomic E-state index is 15.8. The second-order valence-corrected chi connectivity index (χ2v) is 9.34. The Morgan fingerprint density at radius 2 is 1.86 bits per heavy atom. The van der Waals surface area contributed by atoms with Crippen molar-refractivity contribution >= 4 is 45.0 Å². The number of piperazine rings is 1. The Bertz CT molecular complexity index is 1570. The standard InChI is InChI=1S/C27H23ClF2N6O/c1-34(2)10-4-7-21(37)35-11-13-36(14-12-35)27-19-15-31-25(24(30)26(19)32-16-33-27)18-6-3-5-17-8-9-20(29)23(28)22(17)18/h3,5-6,8-9,15-16H,10-14H2,1-2H3. The van der Waals surface area contributed by atoms with Crippen LogP contribution >= 0.6 is 11.6 Å². The number of hydrogen-bond donors (Lipinski definition) is 0. The summed E-state index contributed by atoms with van der Waals surface area (Å²) in [7, 11) is 3.78. The number of anilines is 1. The number of rotatable bonds is 3. The van der Waals surface area contributed by atoms with Gasteiger partial charge in [0.15, 0.2) is 5.82 Å². The van der Waals surface area contributed by atoms with Gasteiger partial charge >= 0.3 is 0 Å². The van der Waals surface area contributed by atoms with Gasteiger partial charge in [-0.3, -0.25) is 14.7 Å². The van der Waals surface area contributed by atoms with Crippen molar-refractivity contribution in [2.45, 2.75) is 0 Å². The van der Waals surface area contributed by atoms with E-state index in [0.29, 0.717) is 60.3 Å². The van der Waals surface area contributed by atoms with Crippen molar-refractivity contribution in [2.24, 2.45) is 0 Å². The van der Waals surface area contributed by atoms with Crippen LogP contribution in [0.5, 0.6) is 0 Å². The first-order chi connectivity index (χ1) is 17.8. The van der Waals surface area contributed by atoms with Gasteiger partial charge in [-0.15, -0.1) is 0 Å². The average Bonchev–Trinajstić information content (AvgIpc) is 2.90. The van der Waals surface area contributed by atoms with Crippen LogP contribution in [0.3, 0.4) is 0 Å². The van der Waals surface area contributed by atoms with Crippen LogP contribution in [-0.2, 0) is 4.79 Å². The van der Waals surface area contributed by atoms with Crippen LogP contribution in [0.25, 0.3) is 32.9 Å². The minimum atomic E-state index is -0.640. The molecule has 7 nitrogen and oxygen atoms in total. The van der Waals surface area contributed by atoms with Crippen molar-refractivity contribution in [2.75, 3.05) is 51.7 Å². The number of carbonyl (C=O) groups excluding carboxylic acids is 1. The molecule has 0 unspecified atom stereocenters. The van der Waals surface area contributed by atoms with Gasteiger partial charge < -0.3 is 9.80 Å². The van der Waals surface area contributed by atoms with Crippen LogP contribution in [0.2, 0.25) is 5.02 Å². The fraction of sp³-hybridized carbons (Fsp3) is 0.259. The lowest BCUT2D eigenvalue weighted by Gasteiger charge is -2.34. The van der Waals surface area contributed by atoms with Gasteiger partial charge in [0.2, 0.25) is 0 Å². The SMILES string of the molecule is CN(C)CC#CC(=O)N1CCN(c2ncnc3c(F)c(-c4cccc5ccc(F)c(Cl)c45)ncc23)CC1. The number of carbonyl (C=O) groups is 1. The molecule has 0 N–H and O–H groups in total. The summed E-state index contributed by atoms with van der Waals surface area (Å²) in [5.74, 6) is 4.64. The van der Waals surface area contributed by atoms with Crippen LogP contribution < -0.4 is 4.90 Å². The molecule has 2 aromatic carbocycles. The molecule has 4 aromatic rings. The van der Waals surface area contributed by atoms with Crippen molar-refractivity contribution in [3.05, 3.63) is 59.5 Å². The molecule has 0 aliphatic carbocycles. The fourth-order valence-corrected chi connectivity index (χ4v) is 4.67. The maximum Gasteiger partial charge on any atom is 0.298 e. The highest BCUT2D eigenvalue weighted by atomic mass is 35.5. The lowest BCUT2D eigenvalue weighted by molar-refractivity contribution is -0.125. The third-order valence-electron chi connectivity index (χ3n) is 6.25. The molecule has 1 aliphatic heterocycles. The average molecular weight is 521 g/mol. The van der Waals surface area contributed by atoms with E-state index >= 15 is 4.39 Å². The summed E-state index contributed by atoms with van der Waals surface area (Å²) in [6.07, 6.45) is 2.84. The summed E-state index contributed by atoms with van der Waals surface area (Å²) >= 11 is 6.26. The van der Waals surface area contributed by atoms with Crippen molar-refractivity contribution in [3.63, 3.8) is 0 Å². The van der Waals surface area contributed by atoms with Gasteiger partial charge in [0.25, 0.3) is 5.91 Å². The van der Waals surface area contributed by atoms with Crippen LogP contribution in [0, 0.1) is 23.5 Å². The summed E-state index contributed by atoms with van der Waals surface area (Å²) in [6, 6.07) is 8.06. The largest absolute Gasteiger partial charge is 0.352 e. The molecule has 1 saturated heterocycles. The molecule has 1 aliphatic rings. The van der Waals surface area contributed by atoms with Gasteiger partial charge in [0.1, 0.15) is 29.2 Å². The van der Waals surface area contributed by atoms with E-state index in [1.54, 1.807) is 29.2 Å². The summed E-state index contributed by atoms with van der Waals surface area (Å²) < 4.78 is 30.0. The van der Waals surface area contributed by atoms with Gasteiger partial charge in [-0.2, -0.15) is 0 Å². The molecule has 0 spiro atoms. The van der Waals surface area contributed by atoms with Crippen molar-refractivity contribution in [3.8, 4) is 23.1 Å². The summed E-state index contributed by atoms with van der Waals surface area (Å²) in [5, 5.41) is 1.43. The van der Waals surface area contributed by atoms with Crippen molar-refractivity contribution < 1.29 is 13.6 Å². The summed E-state index contributed by atoms with van der Waals surface area (Å²) in [5.41, 5.74) is 0.513. The monoisotopic (exact) mass is 520 g/mol. The van der Waals surface area contributed by atoms with E-state index in [-0.39, 0.29) is 22.1 Å². The lowest BCUT2D eigenvalue weighted by atomic mass is 10.0. The van der Waals surface area contributed by atoms with Crippen molar-refractivity contribution in [1.82, 2.24) is 24.8 Å². The van der Waals surface area contributed by atoms with Gasteiger partial charge in [-0.05, 0) is 31.5 Å². The molecule has 188 valence electrons. The second kappa shape index (κ2) is 10.2. The van der Waals surface area contributed by atoms with E-state index in [4.69, 9.17) is 11.6 Å². The highest BCUT2D eigenvalue weighted by Gasteiger charge is 2.24. The molecule has 0 radical (unpaired) electrons. The predicted molar refractivity (Wildman–Crippen MR) is 140 cm³/mol. The Morgan fingerprint density at radius 3 is 2.62 bits per heavy atom. The highest BCUT2D eigenvalue weighted by molar-refractivity contribution is 6.36. The van der Waals surface area contributed by atoms with E-state index in [9.17, 15) is 9.18 Å². The first-order valence-corrected chi connectivity index (χ1v) is 12.1. The van der Waals surface area contributed by atoms with Crippen LogP contribution in [-0.4, -0.2) is 77.5 Å². The second-order valence-electron chi connectivity index (χ2n) is 8.96. The van der Waals surface area contributed by atoms with E-state index in [1.165, 1.54) is 18.6 Å². The van der Waals surface area contributed by atoms with Crippen LogP contribution in [0.4, 0.5) is 14.6 Å². The molecular weight excluding hydrogens is 498 g/mol. The molecular formula is C27H23ClF2N6O. The maximum atomic E-state index is 15.8. The summed E-state index contributed by atoms with van der Waals surface area (Å²) in [6.45, 7) is 2.47. The number of pyridine rings is 1. The van der Waals surface area contributed by atoms with E-state index in [1.807, 2.05) is 23.9 Å². The Kier molecular flexibility index (Phi) is 6.87. The Hall–Kier alpha value is -3.87. The van der Waals surface area contributed by atoms with E-state index in [2.05, 4.69) is 26.8 Å². The van der Waals surface area contributed by atoms with E-state index in [0.717, 1.165) is 0 Å². The molecule has 0 saturated carbocycles. The molecule has 37 heavy (non-hydrogen) atoms. The topological polar surface area (TPSA) is 65.5 Å². The Labute approximate surface area is 217 Å². The van der Waals surface area contributed by atoms with Gasteiger partial charge in [-0.25, -0.2) is 18.7 Å². The van der Waals surface area contributed by atoms with Crippen LogP contribution in [0.1, 0.15) is 0 Å². The predicted octanol–water partition coefficient (Wildman–Crippen LogP) is 3.99. The molecule has 1 amide bonds. The normalized spacial score (nSPS) is 13.8. The third kappa shape index (κ3) is 4.78.